The van der Waals surface area contributed by atoms with Crippen LogP contribution in [0.2, 0.25) is 5.02 Å². The molecule has 3 nitrogen and oxygen atoms in total. The van der Waals surface area contributed by atoms with Crippen molar-refractivity contribution >= 4 is 29.3 Å². The third kappa shape index (κ3) is 3.13. The standard InChI is InChI=1S/C8H7Cl2NO2/c9-5-11-8(12)13-7-4-2-1-3-6(7)10/h1-4H,5H2,(H,11,12). The number of amides is 1. The van der Waals surface area contributed by atoms with Gasteiger partial charge in [-0.1, -0.05) is 23.7 Å². The molecule has 13 heavy (non-hydrogen) atoms. The summed E-state index contributed by atoms with van der Waals surface area (Å²) in [5, 5.41) is 2.65. The van der Waals surface area contributed by atoms with Crippen molar-refractivity contribution in [2.75, 3.05) is 6.00 Å². The fourth-order valence-corrected chi connectivity index (χ4v) is 1.00. The molecule has 1 rings (SSSR count). The van der Waals surface area contributed by atoms with Crippen LogP contribution in [0.25, 0.3) is 0 Å². The van der Waals surface area contributed by atoms with Gasteiger partial charge in [-0.3, -0.25) is 0 Å². The fraction of sp³-hybridized carbons (Fsp3) is 0.125. The van der Waals surface area contributed by atoms with Gasteiger partial charge < -0.3 is 10.1 Å². The molecule has 0 atom stereocenters. The van der Waals surface area contributed by atoms with Crippen LogP contribution in [0.1, 0.15) is 0 Å². The Balaban J connectivity index is 2.63. The molecule has 5 heteroatoms. The van der Waals surface area contributed by atoms with Crippen molar-refractivity contribution in [3.63, 3.8) is 0 Å². The van der Waals surface area contributed by atoms with Gasteiger partial charge in [0.05, 0.1) is 11.0 Å². The highest BCUT2D eigenvalue weighted by atomic mass is 35.5. The van der Waals surface area contributed by atoms with E-state index in [4.69, 9.17) is 27.9 Å². The molecule has 0 bridgehead atoms. The Bertz CT molecular complexity index is 304. The first kappa shape index (κ1) is 10.2. The zero-order valence-electron chi connectivity index (χ0n) is 6.59. The molecule has 1 N–H and O–H groups in total. The van der Waals surface area contributed by atoms with E-state index in [2.05, 4.69) is 5.32 Å². The minimum atomic E-state index is -0.622. The van der Waals surface area contributed by atoms with Crippen LogP contribution < -0.4 is 10.1 Å². The van der Waals surface area contributed by atoms with Crippen molar-refractivity contribution in [2.24, 2.45) is 0 Å². The monoisotopic (exact) mass is 219 g/mol. The molecular formula is C8H7Cl2NO2. The summed E-state index contributed by atoms with van der Waals surface area (Å²) in [5.74, 6) is 0.312. The summed E-state index contributed by atoms with van der Waals surface area (Å²) in [6.07, 6.45) is -0.622. The molecule has 0 heterocycles. The summed E-state index contributed by atoms with van der Waals surface area (Å²) in [4.78, 5) is 10.9. The lowest BCUT2D eigenvalue weighted by Gasteiger charge is -2.04. The molecule has 0 unspecified atom stereocenters. The summed E-state index contributed by atoms with van der Waals surface area (Å²) < 4.78 is 4.82. The topological polar surface area (TPSA) is 38.3 Å². The molecule has 0 aliphatic carbocycles. The molecule has 0 saturated carbocycles. The quantitative estimate of drug-likeness (QED) is 0.614. The fourth-order valence-electron chi connectivity index (χ4n) is 0.718. The van der Waals surface area contributed by atoms with Crippen molar-refractivity contribution in [1.82, 2.24) is 5.32 Å². The van der Waals surface area contributed by atoms with Gasteiger partial charge in [-0.15, -0.1) is 11.6 Å². The lowest BCUT2D eigenvalue weighted by Crippen LogP contribution is -2.25. The maximum atomic E-state index is 10.9. The van der Waals surface area contributed by atoms with Crippen molar-refractivity contribution in [3.8, 4) is 5.75 Å². The minimum absolute atomic E-state index is 0.00326. The van der Waals surface area contributed by atoms with E-state index in [1.165, 1.54) is 0 Å². The van der Waals surface area contributed by atoms with Gasteiger partial charge in [-0.2, -0.15) is 0 Å². The number of ether oxygens (including phenoxy) is 1. The molecule has 0 aliphatic rings. The number of alkyl halides is 1. The van der Waals surface area contributed by atoms with Gasteiger partial charge in [0.15, 0.2) is 5.75 Å². The van der Waals surface area contributed by atoms with Crippen LogP contribution in [0.3, 0.4) is 0 Å². The van der Waals surface area contributed by atoms with Gasteiger partial charge in [0, 0.05) is 0 Å². The number of halogens is 2. The van der Waals surface area contributed by atoms with Crippen molar-refractivity contribution in [2.45, 2.75) is 0 Å². The average Bonchev–Trinajstić information content (AvgIpc) is 2.09. The highest BCUT2D eigenvalue weighted by Crippen LogP contribution is 2.22. The average molecular weight is 220 g/mol. The zero-order valence-corrected chi connectivity index (χ0v) is 8.10. The second-order valence-corrected chi connectivity index (χ2v) is 2.80. The van der Waals surface area contributed by atoms with Crippen LogP contribution in [0.5, 0.6) is 5.75 Å². The smallest absolute Gasteiger partial charge is 0.409 e. The lowest BCUT2D eigenvalue weighted by molar-refractivity contribution is 0.202. The van der Waals surface area contributed by atoms with Crippen molar-refractivity contribution < 1.29 is 9.53 Å². The molecule has 0 radical (unpaired) electrons. The van der Waals surface area contributed by atoms with Crippen molar-refractivity contribution in [1.29, 1.82) is 0 Å². The molecule has 1 amide bonds. The van der Waals surface area contributed by atoms with Gasteiger partial charge in [0.2, 0.25) is 0 Å². The molecule has 0 aromatic heterocycles. The maximum Gasteiger partial charge on any atom is 0.413 e. The second-order valence-electron chi connectivity index (χ2n) is 2.13. The third-order valence-electron chi connectivity index (χ3n) is 1.25. The molecule has 0 fully saturated rings. The Hall–Kier alpha value is -0.930. The SMILES string of the molecule is O=C(NCCl)Oc1ccccc1Cl. The van der Waals surface area contributed by atoms with Gasteiger partial charge in [0.25, 0.3) is 0 Å². The van der Waals surface area contributed by atoms with Gasteiger partial charge in [-0.05, 0) is 12.1 Å². The largest absolute Gasteiger partial charge is 0.413 e. The van der Waals surface area contributed by atoms with Gasteiger partial charge >= 0.3 is 6.09 Å². The van der Waals surface area contributed by atoms with Crippen LogP contribution in [0, 0.1) is 0 Å². The van der Waals surface area contributed by atoms with E-state index >= 15 is 0 Å². The Morgan fingerprint density at radius 3 is 2.77 bits per heavy atom. The normalized spacial score (nSPS) is 9.38. The molecule has 1 aromatic rings. The molecule has 0 saturated heterocycles. The van der Waals surface area contributed by atoms with Crippen LogP contribution in [-0.4, -0.2) is 12.1 Å². The van der Waals surface area contributed by atoms with Crippen molar-refractivity contribution in [3.05, 3.63) is 29.3 Å². The minimum Gasteiger partial charge on any atom is -0.409 e. The van der Waals surface area contributed by atoms with Crippen LogP contribution in [-0.2, 0) is 0 Å². The third-order valence-corrected chi connectivity index (χ3v) is 1.70. The van der Waals surface area contributed by atoms with E-state index < -0.39 is 6.09 Å². The predicted molar refractivity (Wildman–Crippen MR) is 51.3 cm³/mol. The summed E-state index contributed by atoms with van der Waals surface area (Å²) >= 11 is 11.0. The number of rotatable bonds is 2. The molecule has 70 valence electrons. The number of nitrogens with one attached hydrogen (secondary N) is 1. The van der Waals surface area contributed by atoms with E-state index in [0.29, 0.717) is 10.8 Å². The van der Waals surface area contributed by atoms with E-state index in [1.54, 1.807) is 24.3 Å². The highest BCUT2D eigenvalue weighted by Gasteiger charge is 2.05. The Kier molecular flexibility index (Phi) is 3.86. The molecule has 1 aromatic carbocycles. The lowest BCUT2D eigenvalue weighted by atomic mass is 10.3. The maximum absolute atomic E-state index is 10.9. The number of hydrogen-bond acceptors (Lipinski definition) is 2. The van der Waals surface area contributed by atoms with E-state index in [-0.39, 0.29) is 6.00 Å². The summed E-state index contributed by atoms with van der Waals surface area (Å²) in [6, 6.07) is 6.69. The second kappa shape index (κ2) is 4.94. The Labute approximate surface area is 85.6 Å². The molecule has 0 spiro atoms. The Morgan fingerprint density at radius 2 is 2.15 bits per heavy atom. The number of hydrogen-bond donors (Lipinski definition) is 1. The number of carbonyl (C=O) groups is 1. The molecule has 0 aliphatic heterocycles. The summed E-state index contributed by atoms with van der Waals surface area (Å²) in [6.45, 7) is 0. The van der Waals surface area contributed by atoms with E-state index in [1.807, 2.05) is 0 Å². The van der Waals surface area contributed by atoms with Crippen LogP contribution >= 0.6 is 23.2 Å². The number of carbonyl (C=O) groups excluding carboxylic acids is 1. The van der Waals surface area contributed by atoms with E-state index in [9.17, 15) is 4.79 Å². The summed E-state index contributed by atoms with van der Waals surface area (Å²) in [5.41, 5.74) is 0. The highest BCUT2D eigenvalue weighted by molar-refractivity contribution is 6.32. The van der Waals surface area contributed by atoms with E-state index in [0.717, 1.165) is 0 Å². The van der Waals surface area contributed by atoms with Gasteiger partial charge in [-0.25, -0.2) is 4.79 Å². The first-order valence-electron chi connectivity index (χ1n) is 3.50. The molecular weight excluding hydrogens is 213 g/mol. The first-order valence-corrected chi connectivity index (χ1v) is 4.41. The summed E-state index contributed by atoms with van der Waals surface area (Å²) in [7, 11) is 0. The van der Waals surface area contributed by atoms with Crippen LogP contribution in [0.4, 0.5) is 4.79 Å². The Morgan fingerprint density at radius 1 is 1.46 bits per heavy atom. The predicted octanol–water partition coefficient (Wildman–Crippen LogP) is 2.62. The van der Waals surface area contributed by atoms with Gasteiger partial charge in [0.1, 0.15) is 0 Å². The van der Waals surface area contributed by atoms with Crippen LogP contribution in [0.15, 0.2) is 24.3 Å². The number of para-hydroxylation sites is 1. The first-order chi connectivity index (χ1) is 6.24. The number of benzene rings is 1. The zero-order chi connectivity index (χ0) is 9.68.